The van der Waals surface area contributed by atoms with Crippen LogP contribution in [0.2, 0.25) is 0 Å². The van der Waals surface area contributed by atoms with Crippen molar-refractivity contribution in [3.63, 3.8) is 0 Å². The van der Waals surface area contributed by atoms with Crippen LogP contribution in [0, 0.1) is 0 Å². The Bertz CT molecular complexity index is 724. The molecule has 1 aromatic heterocycles. The number of sulfonamides is 1. The lowest BCUT2D eigenvalue weighted by atomic mass is 10.3. The van der Waals surface area contributed by atoms with E-state index >= 15 is 0 Å². The molecule has 21 heavy (non-hydrogen) atoms. The fraction of sp³-hybridized carbons (Fsp3) is 0.286. The molecule has 0 amide bonds. The first kappa shape index (κ1) is 15.8. The molecule has 114 valence electrons. The van der Waals surface area contributed by atoms with E-state index in [1.807, 2.05) is 12.1 Å². The van der Waals surface area contributed by atoms with Gasteiger partial charge in [0.2, 0.25) is 10.0 Å². The SMILES string of the molecule is CCc1ccc(CNS(=O)(=O)c2ccc(N)c(OC)c2)s1. The van der Waals surface area contributed by atoms with Crippen LogP contribution in [0.5, 0.6) is 5.75 Å². The molecule has 5 nitrogen and oxygen atoms in total. The maximum Gasteiger partial charge on any atom is 0.241 e. The Hall–Kier alpha value is -1.57. The van der Waals surface area contributed by atoms with Gasteiger partial charge >= 0.3 is 0 Å². The number of nitrogen functional groups attached to an aromatic ring is 1. The van der Waals surface area contributed by atoms with Gasteiger partial charge in [-0.25, -0.2) is 13.1 Å². The summed E-state index contributed by atoms with van der Waals surface area (Å²) in [6.45, 7) is 2.35. The van der Waals surface area contributed by atoms with Crippen LogP contribution in [-0.2, 0) is 23.0 Å². The van der Waals surface area contributed by atoms with E-state index in [1.54, 1.807) is 11.3 Å². The summed E-state index contributed by atoms with van der Waals surface area (Å²) >= 11 is 1.61. The van der Waals surface area contributed by atoms with Crippen molar-refractivity contribution in [2.45, 2.75) is 24.8 Å². The molecule has 0 aliphatic heterocycles. The topological polar surface area (TPSA) is 81.4 Å². The molecule has 3 N–H and O–H groups in total. The molecule has 0 radical (unpaired) electrons. The zero-order valence-electron chi connectivity index (χ0n) is 11.9. The van der Waals surface area contributed by atoms with Crippen molar-refractivity contribution in [3.8, 4) is 5.75 Å². The highest BCUT2D eigenvalue weighted by Crippen LogP contribution is 2.25. The van der Waals surface area contributed by atoms with Gasteiger partial charge in [0.1, 0.15) is 5.75 Å². The lowest BCUT2D eigenvalue weighted by molar-refractivity contribution is 0.415. The first-order valence-corrected chi connectivity index (χ1v) is 8.77. The van der Waals surface area contributed by atoms with Crippen LogP contribution < -0.4 is 15.2 Å². The summed E-state index contributed by atoms with van der Waals surface area (Å²) in [5.41, 5.74) is 6.09. The highest BCUT2D eigenvalue weighted by atomic mass is 32.2. The zero-order valence-corrected chi connectivity index (χ0v) is 13.6. The summed E-state index contributed by atoms with van der Waals surface area (Å²) in [6, 6.07) is 8.36. The normalized spacial score (nSPS) is 11.5. The van der Waals surface area contributed by atoms with E-state index < -0.39 is 10.0 Å². The number of hydrogen-bond donors (Lipinski definition) is 2. The number of ether oxygens (including phenoxy) is 1. The van der Waals surface area contributed by atoms with Crippen LogP contribution in [0.1, 0.15) is 16.7 Å². The van der Waals surface area contributed by atoms with E-state index in [-0.39, 0.29) is 11.4 Å². The van der Waals surface area contributed by atoms with Gasteiger partial charge in [0.15, 0.2) is 0 Å². The highest BCUT2D eigenvalue weighted by molar-refractivity contribution is 7.89. The molecule has 0 spiro atoms. The molecule has 2 rings (SSSR count). The van der Waals surface area contributed by atoms with Gasteiger partial charge < -0.3 is 10.5 Å². The van der Waals surface area contributed by atoms with Crippen LogP contribution in [0.15, 0.2) is 35.2 Å². The number of nitrogens with two attached hydrogens (primary N) is 1. The van der Waals surface area contributed by atoms with Crippen molar-refractivity contribution < 1.29 is 13.2 Å². The Morgan fingerprint density at radius 1 is 1.24 bits per heavy atom. The van der Waals surface area contributed by atoms with Crippen LogP contribution in [0.4, 0.5) is 5.69 Å². The van der Waals surface area contributed by atoms with E-state index in [0.717, 1.165) is 11.3 Å². The zero-order chi connectivity index (χ0) is 15.5. The number of nitrogens with one attached hydrogen (secondary N) is 1. The van der Waals surface area contributed by atoms with Gasteiger partial charge in [0.05, 0.1) is 17.7 Å². The molecule has 0 aliphatic carbocycles. The average molecular weight is 326 g/mol. The van der Waals surface area contributed by atoms with Gasteiger partial charge in [-0.2, -0.15) is 0 Å². The number of anilines is 1. The van der Waals surface area contributed by atoms with Gasteiger partial charge in [-0.3, -0.25) is 0 Å². The predicted molar refractivity (Wildman–Crippen MR) is 85.1 cm³/mol. The largest absolute Gasteiger partial charge is 0.495 e. The second kappa shape index (κ2) is 6.46. The van der Waals surface area contributed by atoms with Crippen molar-refractivity contribution in [1.29, 1.82) is 0 Å². The fourth-order valence-corrected chi connectivity index (χ4v) is 3.83. The molecule has 0 bridgehead atoms. The molecule has 0 saturated heterocycles. The van der Waals surface area contributed by atoms with Crippen molar-refractivity contribution in [3.05, 3.63) is 40.1 Å². The minimum Gasteiger partial charge on any atom is -0.495 e. The molecule has 0 aliphatic rings. The second-order valence-corrected chi connectivity index (χ2v) is 7.47. The average Bonchev–Trinajstić information content (AvgIpc) is 2.93. The van der Waals surface area contributed by atoms with Crippen molar-refractivity contribution in [1.82, 2.24) is 4.72 Å². The summed E-state index contributed by atoms with van der Waals surface area (Å²) in [5, 5.41) is 0. The Kier molecular flexibility index (Phi) is 4.87. The fourth-order valence-electron chi connectivity index (χ4n) is 1.82. The Morgan fingerprint density at radius 2 is 1.95 bits per heavy atom. The van der Waals surface area contributed by atoms with Crippen molar-refractivity contribution in [2.75, 3.05) is 12.8 Å². The molecular weight excluding hydrogens is 308 g/mol. The van der Waals surface area contributed by atoms with Crippen LogP contribution in [0.25, 0.3) is 0 Å². The van der Waals surface area contributed by atoms with Gasteiger partial charge in [0, 0.05) is 22.4 Å². The van der Waals surface area contributed by atoms with Crippen LogP contribution in [-0.4, -0.2) is 15.5 Å². The molecule has 0 unspecified atom stereocenters. The molecule has 7 heteroatoms. The van der Waals surface area contributed by atoms with Gasteiger partial charge in [0.25, 0.3) is 0 Å². The minimum absolute atomic E-state index is 0.140. The first-order chi connectivity index (χ1) is 9.96. The van der Waals surface area contributed by atoms with E-state index in [0.29, 0.717) is 11.4 Å². The highest BCUT2D eigenvalue weighted by Gasteiger charge is 2.16. The van der Waals surface area contributed by atoms with Crippen molar-refractivity contribution >= 4 is 27.0 Å². The molecule has 0 atom stereocenters. The summed E-state index contributed by atoms with van der Waals surface area (Å²) in [5.74, 6) is 0.349. The van der Waals surface area contributed by atoms with Crippen LogP contribution in [0.3, 0.4) is 0 Å². The lowest BCUT2D eigenvalue weighted by Crippen LogP contribution is -2.22. The van der Waals surface area contributed by atoms with E-state index in [2.05, 4.69) is 11.6 Å². The first-order valence-electron chi connectivity index (χ1n) is 6.47. The number of thiophene rings is 1. The molecule has 0 fully saturated rings. The smallest absolute Gasteiger partial charge is 0.241 e. The number of benzene rings is 1. The molecule has 1 aromatic carbocycles. The van der Waals surface area contributed by atoms with E-state index in [4.69, 9.17) is 10.5 Å². The predicted octanol–water partition coefficient (Wildman–Crippen LogP) is 2.38. The molecule has 0 saturated carbocycles. The minimum atomic E-state index is -3.58. The molecule has 1 heterocycles. The quantitative estimate of drug-likeness (QED) is 0.799. The summed E-state index contributed by atoms with van der Waals surface area (Å²) in [4.78, 5) is 2.36. The number of hydrogen-bond acceptors (Lipinski definition) is 5. The Morgan fingerprint density at radius 3 is 2.57 bits per heavy atom. The molecular formula is C14H18N2O3S2. The summed E-state index contributed by atoms with van der Waals surface area (Å²) in [6.07, 6.45) is 0.951. The third-order valence-corrected chi connectivity index (χ3v) is 5.65. The van der Waals surface area contributed by atoms with Gasteiger partial charge in [-0.15, -0.1) is 11.3 Å². The Balaban J connectivity index is 2.14. The van der Waals surface area contributed by atoms with Crippen molar-refractivity contribution in [2.24, 2.45) is 0 Å². The molecule has 2 aromatic rings. The number of aryl methyl sites for hydroxylation is 1. The monoisotopic (exact) mass is 326 g/mol. The van der Waals surface area contributed by atoms with Gasteiger partial charge in [-0.05, 0) is 30.7 Å². The van der Waals surface area contributed by atoms with Crippen LogP contribution >= 0.6 is 11.3 Å². The standard InChI is InChI=1S/C14H18N2O3S2/c1-3-10-4-5-11(20-10)9-16-21(17,18)12-6-7-13(15)14(8-12)19-2/h4-8,16H,3,9,15H2,1-2H3. The summed E-state index contributed by atoms with van der Waals surface area (Å²) in [7, 11) is -2.13. The van der Waals surface area contributed by atoms with E-state index in [9.17, 15) is 8.42 Å². The maximum atomic E-state index is 12.3. The number of rotatable bonds is 6. The Labute approximate surface area is 128 Å². The van der Waals surface area contributed by atoms with Gasteiger partial charge in [-0.1, -0.05) is 6.92 Å². The lowest BCUT2D eigenvalue weighted by Gasteiger charge is -2.09. The maximum absolute atomic E-state index is 12.3. The summed E-state index contributed by atoms with van der Waals surface area (Å²) < 4.78 is 32.1. The third kappa shape index (κ3) is 3.75. The second-order valence-electron chi connectivity index (χ2n) is 4.45. The number of methoxy groups -OCH3 is 1. The van der Waals surface area contributed by atoms with E-state index in [1.165, 1.54) is 30.2 Å². The third-order valence-electron chi connectivity index (χ3n) is 3.02.